The summed E-state index contributed by atoms with van der Waals surface area (Å²) in [5.74, 6) is -5.22. The van der Waals surface area contributed by atoms with Crippen LogP contribution in [0.3, 0.4) is 0 Å². The largest absolute Gasteiger partial charge is 0.473 e. The lowest BCUT2D eigenvalue weighted by Crippen LogP contribution is -2.58. The minimum absolute atomic E-state index is 0.00422. The summed E-state index contributed by atoms with van der Waals surface area (Å²) in [6.45, 7) is 12.8. The first-order chi connectivity index (χ1) is 33.9. The maximum absolute atomic E-state index is 15.3. The topological polar surface area (TPSA) is 189 Å². The summed E-state index contributed by atoms with van der Waals surface area (Å²) in [4.78, 5) is 66.6. The van der Waals surface area contributed by atoms with Crippen LogP contribution in [0, 0.1) is 41.2 Å². The Hall–Kier alpha value is -6.19. The second-order valence-corrected chi connectivity index (χ2v) is 20.0. The first-order valence-electron chi connectivity index (χ1n) is 22.8. The molecule has 6 rings (SSSR count). The number of amides is 4. The number of likely N-dealkylation sites (tertiary alicyclic amines) is 1. The van der Waals surface area contributed by atoms with Crippen LogP contribution in [0.2, 0.25) is 0 Å². The third-order valence-corrected chi connectivity index (χ3v) is 13.2. The van der Waals surface area contributed by atoms with Crippen molar-refractivity contribution in [1.82, 2.24) is 25.5 Å². The van der Waals surface area contributed by atoms with Crippen molar-refractivity contribution in [2.45, 2.75) is 85.2 Å². The number of aryl methyl sites for hydroxylation is 1. The highest BCUT2D eigenvalue weighted by atomic mass is 32.1. The van der Waals surface area contributed by atoms with E-state index in [-0.39, 0.29) is 69.7 Å². The van der Waals surface area contributed by atoms with E-state index in [9.17, 15) is 32.3 Å². The third-order valence-electron chi connectivity index (χ3n) is 11.9. The van der Waals surface area contributed by atoms with Gasteiger partial charge in [-0.1, -0.05) is 52.0 Å². The Bertz CT molecular complexity index is 2690. The smallest absolute Gasteiger partial charge is 0.420 e. The number of carbonyl (C=O) groups is 4. The number of alkyl halides is 3. The SMILES string of the molecule is Cc1ncsc1-c1ccc(CNC(=O)[C@@H]2C[C@@H](C)CN2C(=O)[C@@H](NC(=O)COCCOCCOCCOc2ncc(N3C(=S)N(c4ccc(C#N)c(C(F)(F)F)c4F)C(=O)C3(C)C)cc2F)C(C)(C)C)cc1. The van der Waals surface area contributed by atoms with Gasteiger partial charge in [0.2, 0.25) is 17.7 Å². The molecule has 4 amide bonds. The van der Waals surface area contributed by atoms with Gasteiger partial charge in [0.25, 0.3) is 11.8 Å². The predicted molar refractivity (Wildman–Crippen MR) is 260 cm³/mol. The molecule has 0 spiro atoms. The van der Waals surface area contributed by atoms with Crippen LogP contribution in [0.25, 0.3) is 10.4 Å². The number of pyridine rings is 1. The number of halogens is 5. The Morgan fingerprint density at radius 2 is 1.64 bits per heavy atom. The summed E-state index contributed by atoms with van der Waals surface area (Å²) in [5, 5.41) is 14.5. The van der Waals surface area contributed by atoms with Crippen LogP contribution in [0.4, 0.5) is 33.3 Å². The minimum Gasteiger partial charge on any atom is -0.473 e. The maximum Gasteiger partial charge on any atom is 0.420 e. The van der Waals surface area contributed by atoms with E-state index in [1.54, 1.807) is 21.7 Å². The number of hydrogen-bond donors (Lipinski definition) is 2. The average molecular weight is 1040 g/mol. The van der Waals surface area contributed by atoms with Crippen LogP contribution in [0.15, 0.2) is 54.2 Å². The Kier molecular flexibility index (Phi) is 17.7. The standard InChI is InChI=1S/C49H55F5N8O8S2/c1-28-20-36(42(64)56-23-30-8-10-31(11-9-30)40-29(2)58-27-72-40)60(25-28)44(65)41(47(3,4)5)59-37(63)26-69-17-16-67-14-15-68-18-19-70-43-34(50)21-33(24-57-43)62-46(71)61(45(66)48(62,6)7)35-13-12-32(22-55)38(39(35)51)49(52,53)54/h8-13,21,24,27-28,36,41H,14-20,23,25-26H2,1-7H3,(H,56,64)(H,59,63)/t28-,36+,41-/m1/s1. The second-order valence-electron chi connectivity index (χ2n) is 18.8. The Morgan fingerprint density at radius 1 is 0.986 bits per heavy atom. The van der Waals surface area contributed by atoms with Crippen LogP contribution in [0.1, 0.15) is 70.3 Å². The highest BCUT2D eigenvalue weighted by Gasteiger charge is 2.52. The normalized spacial score (nSPS) is 17.3. The van der Waals surface area contributed by atoms with Gasteiger partial charge in [-0.05, 0) is 74.0 Å². The summed E-state index contributed by atoms with van der Waals surface area (Å²) in [6.07, 6.45) is -3.64. The second kappa shape index (κ2) is 23.1. The molecule has 0 radical (unpaired) electrons. The molecule has 2 fully saturated rings. The molecule has 4 heterocycles. The van der Waals surface area contributed by atoms with E-state index in [0.29, 0.717) is 24.4 Å². The minimum atomic E-state index is -5.25. The monoisotopic (exact) mass is 1040 g/mol. The van der Waals surface area contributed by atoms with E-state index in [0.717, 1.165) is 51.0 Å². The van der Waals surface area contributed by atoms with Crippen LogP contribution in [-0.4, -0.2) is 114 Å². The number of hydrogen-bond acceptors (Lipinski definition) is 13. The number of nitrogens with one attached hydrogen (secondary N) is 2. The first-order valence-corrected chi connectivity index (χ1v) is 24.1. The molecule has 2 N–H and O–H groups in total. The van der Waals surface area contributed by atoms with E-state index in [2.05, 4.69) is 20.6 Å². The fourth-order valence-electron chi connectivity index (χ4n) is 8.21. The molecule has 386 valence electrons. The fraction of sp³-hybridized carbons (Fsp3) is 0.469. The van der Waals surface area contributed by atoms with E-state index < -0.39 is 80.5 Å². The molecule has 0 aliphatic carbocycles. The highest BCUT2D eigenvalue weighted by Crippen LogP contribution is 2.42. The van der Waals surface area contributed by atoms with Gasteiger partial charge in [0.1, 0.15) is 36.4 Å². The predicted octanol–water partition coefficient (Wildman–Crippen LogP) is 7.11. The molecule has 72 heavy (non-hydrogen) atoms. The van der Waals surface area contributed by atoms with Gasteiger partial charge in [0.05, 0.1) is 78.3 Å². The van der Waals surface area contributed by atoms with Gasteiger partial charge in [-0.15, -0.1) is 11.3 Å². The zero-order chi connectivity index (χ0) is 52.7. The van der Waals surface area contributed by atoms with Gasteiger partial charge < -0.3 is 39.4 Å². The van der Waals surface area contributed by atoms with Crippen LogP contribution >= 0.6 is 23.6 Å². The van der Waals surface area contributed by atoms with E-state index >= 15 is 8.78 Å². The summed E-state index contributed by atoms with van der Waals surface area (Å²) >= 11 is 6.96. The Balaban J connectivity index is 0.886. The lowest BCUT2D eigenvalue weighted by Gasteiger charge is -2.35. The van der Waals surface area contributed by atoms with Gasteiger partial charge in [0.15, 0.2) is 16.7 Å². The number of anilines is 2. The lowest BCUT2D eigenvalue weighted by atomic mass is 9.85. The summed E-state index contributed by atoms with van der Waals surface area (Å²) in [7, 11) is 0. The average Bonchev–Trinajstić information content (AvgIpc) is 3.98. The van der Waals surface area contributed by atoms with Crippen molar-refractivity contribution in [3.63, 3.8) is 0 Å². The first kappa shape index (κ1) is 55.1. The number of thiocarbonyl (C=S) groups is 1. The van der Waals surface area contributed by atoms with Crippen molar-refractivity contribution < 1.29 is 60.1 Å². The van der Waals surface area contributed by atoms with E-state index in [1.807, 2.05) is 58.9 Å². The molecular formula is C49H55F5N8O8S2. The molecule has 2 aliphatic heterocycles. The van der Waals surface area contributed by atoms with E-state index in [4.69, 9.17) is 36.4 Å². The number of aromatic nitrogens is 2. The zero-order valence-corrected chi connectivity index (χ0v) is 42.3. The van der Waals surface area contributed by atoms with Crippen molar-refractivity contribution >= 4 is 63.7 Å². The molecule has 2 aromatic carbocycles. The zero-order valence-electron chi connectivity index (χ0n) is 40.7. The molecule has 23 heteroatoms. The van der Waals surface area contributed by atoms with Crippen molar-refractivity contribution in [1.29, 1.82) is 5.26 Å². The molecule has 16 nitrogen and oxygen atoms in total. The molecule has 2 aromatic heterocycles. The summed E-state index contributed by atoms with van der Waals surface area (Å²) < 4.78 is 93.6. The van der Waals surface area contributed by atoms with Gasteiger partial charge >= 0.3 is 6.18 Å². The molecule has 0 saturated carbocycles. The fourth-order valence-corrected chi connectivity index (χ4v) is 9.54. The number of nitriles is 1. The van der Waals surface area contributed by atoms with Crippen molar-refractivity contribution in [3.8, 4) is 22.4 Å². The van der Waals surface area contributed by atoms with Crippen LogP contribution in [0.5, 0.6) is 5.88 Å². The summed E-state index contributed by atoms with van der Waals surface area (Å²) in [5.41, 5.74) is -1.32. The van der Waals surface area contributed by atoms with Gasteiger partial charge in [-0.3, -0.25) is 24.1 Å². The Morgan fingerprint density at radius 3 is 2.24 bits per heavy atom. The van der Waals surface area contributed by atoms with Crippen molar-refractivity contribution in [2.75, 3.05) is 62.6 Å². The molecule has 0 bridgehead atoms. The van der Waals surface area contributed by atoms with Crippen molar-refractivity contribution in [3.05, 3.63) is 88.2 Å². The number of thiazole rings is 1. The van der Waals surface area contributed by atoms with Crippen molar-refractivity contribution in [2.24, 2.45) is 11.3 Å². The third kappa shape index (κ3) is 12.7. The summed E-state index contributed by atoms with van der Waals surface area (Å²) in [6, 6.07) is 10.1. The molecular weight excluding hydrogens is 988 g/mol. The quantitative estimate of drug-likeness (QED) is 0.0518. The van der Waals surface area contributed by atoms with Gasteiger partial charge in [-0.25, -0.2) is 18.7 Å². The molecule has 3 atom stereocenters. The molecule has 4 aromatic rings. The number of benzene rings is 2. The van der Waals surface area contributed by atoms with E-state index in [1.165, 1.54) is 19.9 Å². The number of rotatable bonds is 20. The molecule has 2 aliphatic rings. The number of nitrogens with zero attached hydrogens (tertiary/aromatic N) is 6. The lowest BCUT2D eigenvalue weighted by molar-refractivity contribution is -0.144. The Labute approximate surface area is 422 Å². The van der Waals surface area contributed by atoms with Crippen LogP contribution in [-0.2, 0) is 46.1 Å². The maximum atomic E-state index is 15.3. The van der Waals surface area contributed by atoms with Gasteiger partial charge in [-0.2, -0.15) is 18.4 Å². The van der Waals surface area contributed by atoms with Gasteiger partial charge in [0, 0.05) is 19.2 Å². The highest BCUT2D eigenvalue weighted by molar-refractivity contribution is 7.81. The molecule has 2 saturated heterocycles. The molecule has 0 unspecified atom stereocenters. The van der Waals surface area contributed by atoms with Crippen LogP contribution < -0.4 is 25.2 Å². The number of carbonyl (C=O) groups excluding carboxylic acids is 4. The number of ether oxygens (including phenoxy) is 4.